The molecule has 23 heavy (non-hydrogen) atoms. The second kappa shape index (κ2) is 6.91. The van der Waals surface area contributed by atoms with Gasteiger partial charge in [-0.1, -0.05) is 23.8 Å². The van der Waals surface area contributed by atoms with Crippen molar-refractivity contribution in [2.75, 3.05) is 7.05 Å². The molecule has 5 nitrogen and oxygen atoms in total. The van der Waals surface area contributed by atoms with Crippen LogP contribution in [0.1, 0.15) is 27.0 Å². The van der Waals surface area contributed by atoms with Gasteiger partial charge >= 0.3 is 0 Å². The van der Waals surface area contributed by atoms with Crippen LogP contribution in [-0.2, 0) is 6.54 Å². The van der Waals surface area contributed by atoms with Crippen molar-refractivity contribution in [3.05, 3.63) is 73.2 Å². The number of benzene rings is 2. The van der Waals surface area contributed by atoms with Gasteiger partial charge in [0.05, 0.1) is 9.40 Å². The summed E-state index contributed by atoms with van der Waals surface area (Å²) in [5.74, 6) is -0.249. The summed E-state index contributed by atoms with van der Waals surface area (Å²) in [5.41, 5.74) is 3.52. The molecule has 0 fully saturated rings. The van der Waals surface area contributed by atoms with Gasteiger partial charge in [0.25, 0.3) is 11.6 Å². The average Bonchev–Trinajstić information content (AvgIpc) is 2.49. The molecular weight excluding hydrogens is 360 g/mol. The summed E-state index contributed by atoms with van der Waals surface area (Å²) in [4.78, 5) is 24.5. The lowest BCUT2D eigenvalue weighted by atomic mass is 10.1. The second-order valence-electron chi connectivity index (χ2n) is 5.51. The molecule has 0 atom stereocenters. The largest absolute Gasteiger partial charge is 0.337 e. The number of nitrogens with zero attached hydrogens (tertiary/aromatic N) is 2. The fraction of sp³-hybridized carbons (Fsp3) is 0.235. The van der Waals surface area contributed by atoms with Crippen LogP contribution in [0.4, 0.5) is 5.69 Å². The molecule has 0 spiro atoms. The van der Waals surface area contributed by atoms with Crippen molar-refractivity contribution in [2.24, 2.45) is 0 Å². The number of nitro groups is 1. The number of halogens is 1. The third-order valence-corrected chi connectivity index (χ3v) is 4.31. The van der Waals surface area contributed by atoms with Crippen LogP contribution in [-0.4, -0.2) is 22.8 Å². The summed E-state index contributed by atoms with van der Waals surface area (Å²) in [6, 6.07) is 10.5. The van der Waals surface area contributed by atoms with Gasteiger partial charge in [-0.2, -0.15) is 0 Å². The average molecular weight is 377 g/mol. The quantitative estimate of drug-likeness (QED) is 0.591. The van der Waals surface area contributed by atoms with E-state index in [1.807, 2.05) is 26.0 Å². The first kappa shape index (κ1) is 17.1. The van der Waals surface area contributed by atoms with Crippen molar-refractivity contribution in [1.82, 2.24) is 4.90 Å². The lowest BCUT2D eigenvalue weighted by Gasteiger charge is -2.19. The summed E-state index contributed by atoms with van der Waals surface area (Å²) in [6.07, 6.45) is 0. The standard InChI is InChI=1S/C17H17BrN2O3/c1-11-4-5-14(12(2)8-11)10-19(3)17(21)13-6-7-15(18)16(9-13)20(22)23/h4-9H,10H2,1-3H3. The molecule has 0 heterocycles. The molecule has 6 heteroatoms. The maximum atomic E-state index is 12.5. The molecule has 2 aromatic rings. The third-order valence-electron chi connectivity index (χ3n) is 3.64. The first-order valence-corrected chi connectivity index (χ1v) is 7.84. The Balaban J connectivity index is 2.23. The van der Waals surface area contributed by atoms with Crippen LogP contribution in [0.15, 0.2) is 40.9 Å². The second-order valence-corrected chi connectivity index (χ2v) is 6.37. The van der Waals surface area contributed by atoms with Crippen LogP contribution < -0.4 is 0 Å². The zero-order valence-electron chi connectivity index (χ0n) is 13.2. The predicted octanol–water partition coefficient (Wildman–Crippen LogP) is 4.25. The summed E-state index contributed by atoms with van der Waals surface area (Å²) >= 11 is 3.12. The number of rotatable bonds is 4. The summed E-state index contributed by atoms with van der Waals surface area (Å²) in [7, 11) is 1.69. The highest BCUT2D eigenvalue weighted by Crippen LogP contribution is 2.26. The monoisotopic (exact) mass is 376 g/mol. The molecular formula is C17H17BrN2O3. The fourth-order valence-corrected chi connectivity index (χ4v) is 2.75. The molecule has 0 unspecified atom stereocenters. The summed E-state index contributed by atoms with van der Waals surface area (Å²) in [6.45, 7) is 4.48. The van der Waals surface area contributed by atoms with Gasteiger partial charge in [-0.3, -0.25) is 14.9 Å². The minimum absolute atomic E-state index is 0.115. The molecule has 0 radical (unpaired) electrons. The van der Waals surface area contributed by atoms with E-state index in [4.69, 9.17) is 0 Å². The van der Waals surface area contributed by atoms with E-state index >= 15 is 0 Å². The lowest BCUT2D eigenvalue weighted by molar-refractivity contribution is -0.385. The van der Waals surface area contributed by atoms with E-state index in [2.05, 4.69) is 22.0 Å². The Morgan fingerprint density at radius 1 is 1.22 bits per heavy atom. The van der Waals surface area contributed by atoms with Crippen LogP contribution in [0, 0.1) is 24.0 Å². The van der Waals surface area contributed by atoms with Crippen molar-refractivity contribution in [2.45, 2.75) is 20.4 Å². The molecule has 2 rings (SSSR count). The summed E-state index contributed by atoms with van der Waals surface area (Å²) < 4.78 is 0.357. The molecule has 120 valence electrons. The van der Waals surface area contributed by atoms with E-state index in [1.165, 1.54) is 17.7 Å². The molecule has 0 aliphatic carbocycles. The molecule has 0 saturated carbocycles. The van der Waals surface area contributed by atoms with Crippen molar-refractivity contribution >= 4 is 27.5 Å². The lowest BCUT2D eigenvalue weighted by Crippen LogP contribution is -2.26. The van der Waals surface area contributed by atoms with Gasteiger partial charge in [0.15, 0.2) is 0 Å². The van der Waals surface area contributed by atoms with Gasteiger partial charge in [-0.05, 0) is 53.0 Å². The van der Waals surface area contributed by atoms with Gasteiger partial charge in [-0.25, -0.2) is 0 Å². The highest BCUT2D eigenvalue weighted by molar-refractivity contribution is 9.10. The molecule has 0 aliphatic heterocycles. The molecule has 1 amide bonds. The predicted molar refractivity (Wildman–Crippen MR) is 92.5 cm³/mol. The van der Waals surface area contributed by atoms with Crippen molar-refractivity contribution < 1.29 is 9.72 Å². The van der Waals surface area contributed by atoms with Gasteiger partial charge in [0, 0.05) is 25.2 Å². The molecule has 0 aromatic heterocycles. The minimum Gasteiger partial charge on any atom is -0.337 e. The Morgan fingerprint density at radius 3 is 2.52 bits per heavy atom. The number of aryl methyl sites for hydroxylation is 2. The molecule has 0 bridgehead atoms. The third kappa shape index (κ3) is 3.96. The zero-order valence-corrected chi connectivity index (χ0v) is 14.8. The van der Waals surface area contributed by atoms with E-state index in [-0.39, 0.29) is 11.6 Å². The zero-order chi connectivity index (χ0) is 17.1. The first-order valence-electron chi connectivity index (χ1n) is 7.05. The van der Waals surface area contributed by atoms with Crippen molar-refractivity contribution in [3.63, 3.8) is 0 Å². The Morgan fingerprint density at radius 2 is 1.91 bits per heavy atom. The number of carbonyl (C=O) groups is 1. The number of carbonyl (C=O) groups excluding carboxylic acids is 1. The fourth-order valence-electron chi connectivity index (χ4n) is 2.36. The smallest absolute Gasteiger partial charge is 0.284 e. The van der Waals surface area contributed by atoms with Crippen LogP contribution in [0.3, 0.4) is 0 Å². The van der Waals surface area contributed by atoms with Crippen molar-refractivity contribution in [3.8, 4) is 0 Å². The van der Waals surface area contributed by atoms with Gasteiger partial charge in [0.2, 0.25) is 0 Å². The van der Waals surface area contributed by atoms with Gasteiger partial charge < -0.3 is 4.90 Å². The van der Waals surface area contributed by atoms with Crippen LogP contribution in [0.5, 0.6) is 0 Å². The Labute approximate surface area is 143 Å². The van der Waals surface area contributed by atoms with E-state index in [0.29, 0.717) is 16.6 Å². The molecule has 0 saturated heterocycles. The van der Waals surface area contributed by atoms with Crippen molar-refractivity contribution in [1.29, 1.82) is 0 Å². The molecule has 0 N–H and O–H groups in total. The molecule has 2 aromatic carbocycles. The SMILES string of the molecule is Cc1ccc(CN(C)C(=O)c2ccc(Br)c([N+](=O)[O-])c2)c(C)c1. The number of hydrogen-bond donors (Lipinski definition) is 0. The number of nitro benzene ring substituents is 1. The van der Waals surface area contributed by atoms with E-state index in [0.717, 1.165) is 11.1 Å². The minimum atomic E-state index is -0.509. The van der Waals surface area contributed by atoms with Crippen LogP contribution in [0.25, 0.3) is 0 Å². The van der Waals surface area contributed by atoms with Gasteiger partial charge in [0.1, 0.15) is 0 Å². The summed E-state index contributed by atoms with van der Waals surface area (Å²) in [5, 5.41) is 11.0. The Kier molecular flexibility index (Phi) is 5.15. The highest BCUT2D eigenvalue weighted by Gasteiger charge is 2.18. The van der Waals surface area contributed by atoms with Crippen LogP contribution >= 0.6 is 15.9 Å². The number of hydrogen-bond acceptors (Lipinski definition) is 3. The highest BCUT2D eigenvalue weighted by atomic mass is 79.9. The maximum absolute atomic E-state index is 12.5. The molecule has 0 aliphatic rings. The van der Waals surface area contributed by atoms with Crippen LogP contribution in [0.2, 0.25) is 0 Å². The normalized spacial score (nSPS) is 10.4. The topological polar surface area (TPSA) is 63.5 Å². The number of amides is 1. The first-order chi connectivity index (χ1) is 10.8. The van der Waals surface area contributed by atoms with Gasteiger partial charge in [-0.15, -0.1) is 0 Å². The Bertz CT molecular complexity index is 774. The van der Waals surface area contributed by atoms with E-state index in [9.17, 15) is 14.9 Å². The maximum Gasteiger partial charge on any atom is 0.284 e. The van der Waals surface area contributed by atoms with E-state index < -0.39 is 4.92 Å². The van der Waals surface area contributed by atoms with E-state index in [1.54, 1.807) is 18.0 Å². The Hall–Kier alpha value is -2.21.